The van der Waals surface area contributed by atoms with Gasteiger partial charge in [-0.3, -0.25) is 4.68 Å². The summed E-state index contributed by atoms with van der Waals surface area (Å²) < 4.78 is 7.42. The third kappa shape index (κ3) is 4.34. The summed E-state index contributed by atoms with van der Waals surface area (Å²) in [5.41, 5.74) is 7.36. The first kappa shape index (κ1) is 19.9. The molecule has 1 heterocycles. The number of nitrogens with one attached hydrogen (secondary N) is 2. The van der Waals surface area contributed by atoms with Gasteiger partial charge in [-0.25, -0.2) is 0 Å². The molecule has 6 heteroatoms. The highest BCUT2D eigenvalue weighted by Crippen LogP contribution is 2.26. The third-order valence-corrected chi connectivity index (χ3v) is 5.01. The van der Waals surface area contributed by atoms with Crippen LogP contribution >= 0.6 is 12.2 Å². The van der Waals surface area contributed by atoms with Crippen molar-refractivity contribution in [1.29, 1.82) is 0 Å². The minimum absolute atomic E-state index is 0.505. The number of hydrogen-bond acceptors (Lipinski definition) is 3. The summed E-state index contributed by atoms with van der Waals surface area (Å²) in [6, 6.07) is 14.3. The molecule has 28 heavy (non-hydrogen) atoms. The fraction of sp³-hybridized carbons (Fsp3) is 0.273. The zero-order valence-corrected chi connectivity index (χ0v) is 17.8. The van der Waals surface area contributed by atoms with Gasteiger partial charge in [0.05, 0.1) is 36.4 Å². The standard InChI is InChI=1S/C22H26N4OS/c1-14-10-11-20(27-5)19(12-14)23-22(28)24-21-16(3)25-26(17(21)4)13-18-9-7-6-8-15(18)2/h6-12H,13H2,1-5H3,(H2,23,24,28). The zero-order valence-electron chi connectivity index (χ0n) is 17.0. The minimum Gasteiger partial charge on any atom is -0.495 e. The van der Waals surface area contributed by atoms with Crippen LogP contribution < -0.4 is 15.4 Å². The molecule has 2 N–H and O–H groups in total. The van der Waals surface area contributed by atoms with Crippen LogP contribution in [-0.4, -0.2) is 22.0 Å². The number of thiocarbonyl (C=S) groups is 1. The van der Waals surface area contributed by atoms with E-state index in [1.54, 1.807) is 7.11 Å². The van der Waals surface area contributed by atoms with Crippen LogP contribution in [0.15, 0.2) is 42.5 Å². The molecule has 0 bridgehead atoms. The van der Waals surface area contributed by atoms with Crippen LogP contribution in [0.4, 0.5) is 11.4 Å². The lowest BCUT2D eigenvalue weighted by atomic mass is 10.1. The average molecular weight is 395 g/mol. The van der Waals surface area contributed by atoms with Crippen LogP contribution in [-0.2, 0) is 6.54 Å². The Bertz CT molecular complexity index is 1010. The fourth-order valence-corrected chi connectivity index (χ4v) is 3.38. The Balaban J connectivity index is 1.78. The lowest BCUT2D eigenvalue weighted by molar-refractivity contribution is 0.417. The molecule has 0 amide bonds. The molecule has 0 aliphatic rings. The number of ether oxygens (including phenoxy) is 1. The van der Waals surface area contributed by atoms with Crippen LogP contribution in [0.1, 0.15) is 28.1 Å². The van der Waals surface area contributed by atoms with Crippen molar-refractivity contribution >= 4 is 28.7 Å². The topological polar surface area (TPSA) is 51.1 Å². The largest absolute Gasteiger partial charge is 0.495 e. The molecule has 1 aromatic heterocycles. The van der Waals surface area contributed by atoms with Gasteiger partial charge in [0.25, 0.3) is 0 Å². The van der Waals surface area contributed by atoms with Gasteiger partial charge >= 0.3 is 0 Å². The summed E-state index contributed by atoms with van der Waals surface area (Å²) in [6.45, 7) is 8.92. The van der Waals surface area contributed by atoms with Crippen molar-refractivity contribution in [2.75, 3.05) is 17.7 Å². The van der Waals surface area contributed by atoms with Crippen LogP contribution in [0.2, 0.25) is 0 Å². The molecule has 0 saturated carbocycles. The van der Waals surface area contributed by atoms with E-state index in [0.717, 1.165) is 40.6 Å². The van der Waals surface area contributed by atoms with Gasteiger partial charge < -0.3 is 15.4 Å². The van der Waals surface area contributed by atoms with Gasteiger partial charge in [-0.15, -0.1) is 0 Å². The first-order chi connectivity index (χ1) is 13.4. The van der Waals surface area contributed by atoms with E-state index in [1.165, 1.54) is 11.1 Å². The molecule has 0 aliphatic carbocycles. The van der Waals surface area contributed by atoms with E-state index in [9.17, 15) is 0 Å². The molecule has 0 atom stereocenters. The number of benzene rings is 2. The van der Waals surface area contributed by atoms with Crippen LogP contribution in [0.3, 0.4) is 0 Å². The van der Waals surface area contributed by atoms with E-state index in [-0.39, 0.29) is 0 Å². The molecule has 146 valence electrons. The second-order valence-corrected chi connectivity index (χ2v) is 7.32. The van der Waals surface area contributed by atoms with Gasteiger partial charge in [0, 0.05) is 0 Å². The quantitative estimate of drug-likeness (QED) is 0.598. The van der Waals surface area contributed by atoms with Crippen molar-refractivity contribution in [3.05, 3.63) is 70.5 Å². The van der Waals surface area contributed by atoms with Crippen LogP contribution in [0.25, 0.3) is 0 Å². The smallest absolute Gasteiger partial charge is 0.175 e. The Hall–Kier alpha value is -2.86. The number of anilines is 2. The highest BCUT2D eigenvalue weighted by molar-refractivity contribution is 7.80. The second-order valence-electron chi connectivity index (χ2n) is 6.91. The van der Waals surface area contributed by atoms with Crippen LogP contribution in [0, 0.1) is 27.7 Å². The monoisotopic (exact) mass is 394 g/mol. The zero-order chi connectivity index (χ0) is 20.3. The maximum Gasteiger partial charge on any atom is 0.175 e. The van der Waals surface area contributed by atoms with Gasteiger partial charge in [-0.1, -0.05) is 30.3 Å². The molecule has 3 aromatic rings. The summed E-state index contributed by atoms with van der Waals surface area (Å²) >= 11 is 5.53. The molecule has 0 aliphatic heterocycles. The van der Waals surface area contributed by atoms with Gasteiger partial charge in [0.15, 0.2) is 5.11 Å². The summed E-state index contributed by atoms with van der Waals surface area (Å²) in [5.74, 6) is 0.749. The first-order valence-corrected chi connectivity index (χ1v) is 9.61. The van der Waals surface area contributed by atoms with E-state index < -0.39 is 0 Å². The average Bonchev–Trinajstić information content (AvgIpc) is 2.91. The van der Waals surface area contributed by atoms with Crippen molar-refractivity contribution < 1.29 is 4.74 Å². The highest BCUT2D eigenvalue weighted by Gasteiger charge is 2.14. The first-order valence-electron chi connectivity index (χ1n) is 9.20. The normalized spacial score (nSPS) is 10.6. The molecule has 5 nitrogen and oxygen atoms in total. The maximum absolute atomic E-state index is 5.53. The lowest BCUT2D eigenvalue weighted by Crippen LogP contribution is -2.20. The second kappa shape index (κ2) is 8.44. The molecule has 0 spiro atoms. The van der Waals surface area contributed by atoms with E-state index in [0.29, 0.717) is 5.11 Å². The van der Waals surface area contributed by atoms with Crippen LogP contribution in [0.5, 0.6) is 5.75 Å². The van der Waals surface area contributed by atoms with Crippen molar-refractivity contribution in [2.45, 2.75) is 34.2 Å². The van der Waals surface area contributed by atoms with E-state index in [2.05, 4.69) is 48.7 Å². The van der Waals surface area contributed by atoms with Crippen molar-refractivity contribution in [3.8, 4) is 5.75 Å². The maximum atomic E-state index is 5.53. The molecule has 0 unspecified atom stereocenters. The molecule has 0 fully saturated rings. The number of methoxy groups -OCH3 is 1. The number of aryl methyl sites for hydroxylation is 3. The van der Waals surface area contributed by atoms with Gasteiger partial charge in [0.2, 0.25) is 0 Å². The SMILES string of the molecule is COc1ccc(C)cc1NC(=S)Nc1c(C)nn(Cc2ccccc2C)c1C. The number of hydrogen-bond donors (Lipinski definition) is 2. The van der Waals surface area contributed by atoms with Gasteiger partial charge in [0.1, 0.15) is 5.75 Å². The third-order valence-electron chi connectivity index (χ3n) is 4.80. The fourth-order valence-electron chi connectivity index (χ4n) is 3.17. The van der Waals surface area contributed by atoms with Crippen molar-refractivity contribution in [3.63, 3.8) is 0 Å². The lowest BCUT2D eigenvalue weighted by Gasteiger charge is -2.14. The van der Waals surface area contributed by atoms with Gasteiger partial charge in [-0.2, -0.15) is 5.10 Å². The number of nitrogens with zero attached hydrogens (tertiary/aromatic N) is 2. The Kier molecular flexibility index (Phi) is 5.99. The van der Waals surface area contributed by atoms with E-state index in [1.807, 2.05) is 36.7 Å². The molecule has 0 radical (unpaired) electrons. The number of aromatic nitrogens is 2. The predicted molar refractivity (Wildman–Crippen MR) is 120 cm³/mol. The van der Waals surface area contributed by atoms with Crippen molar-refractivity contribution in [1.82, 2.24) is 9.78 Å². The minimum atomic E-state index is 0.505. The summed E-state index contributed by atoms with van der Waals surface area (Å²) in [7, 11) is 1.65. The molecule has 3 rings (SSSR count). The predicted octanol–water partition coefficient (Wildman–Crippen LogP) is 4.98. The Labute approximate surface area is 171 Å². The van der Waals surface area contributed by atoms with E-state index >= 15 is 0 Å². The molecule has 0 saturated heterocycles. The summed E-state index contributed by atoms with van der Waals surface area (Å²) in [5, 5.41) is 11.7. The van der Waals surface area contributed by atoms with E-state index in [4.69, 9.17) is 22.1 Å². The van der Waals surface area contributed by atoms with Gasteiger partial charge in [-0.05, 0) is 68.7 Å². The van der Waals surface area contributed by atoms with Crippen molar-refractivity contribution in [2.24, 2.45) is 0 Å². The summed E-state index contributed by atoms with van der Waals surface area (Å²) in [6.07, 6.45) is 0. The summed E-state index contributed by atoms with van der Waals surface area (Å²) in [4.78, 5) is 0. The Morgan fingerprint density at radius 2 is 1.82 bits per heavy atom. The Morgan fingerprint density at radius 1 is 1.07 bits per heavy atom. The molecular weight excluding hydrogens is 368 g/mol. The highest BCUT2D eigenvalue weighted by atomic mass is 32.1. The number of rotatable bonds is 5. The Morgan fingerprint density at radius 3 is 2.54 bits per heavy atom. The molecule has 2 aromatic carbocycles. The molecular formula is C22H26N4OS.